The summed E-state index contributed by atoms with van der Waals surface area (Å²) in [7, 11) is 0. The molecule has 5 nitrogen and oxygen atoms in total. The molecule has 3 N–H and O–H groups in total. The summed E-state index contributed by atoms with van der Waals surface area (Å²) >= 11 is 0. The molecule has 1 aliphatic heterocycles. The van der Waals surface area contributed by atoms with Gasteiger partial charge in [-0.25, -0.2) is 0 Å². The van der Waals surface area contributed by atoms with E-state index in [1.165, 1.54) is 0 Å². The summed E-state index contributed by atoms with van der Waals surface area (Å²) in [6.07, 6.45) is 1.86. The van der Waals surface area contributed by atoms with E-state index in [1.54, 1.807) is 6.92 Å². The predicted molar refractivity (Wildman–Crippen MR) is 91.7 cm³/mol. The predicted octanol–water partition coefficient (Wildman–Crippen LogP) is 1.45. The topological polar surface area (TPSA) is 90.3 Å². The van der Waals surface area contributed by atoms with Gasteiger partial charge in [-0.3, -0.25) is 4.79 Å². The minimum absolute atomic E-state index is 0.131. The van der Waals surface area contributed by atoms with Crippen LogP contribution >= 0.6 is 0 Å². The van der Waals surface area contributed by atoms with Crippen molar-refractivity contribution in [1.82, 2.24) is 0 Å². The van der Waals surface area contributed by atoms with E-state index in [1.807, 2.05) is 13.0 Å². The highest BCUT2D eigenvalue weighted by molar-refractivity contribution is 6.02. The van der Waals surface area contributed by atoms with Gasteiger partial charge in [-0.15, -0.1) is 0 Å². The largest absolute Gasteiger partial charge is 0.392 e. The molecule has 1 spiro atoms. The van der Waals surface area contributed by atoms with Gasteiger partial charge in [0.05, 0.1) is 24.7 Å². The fourth-order valence-electron chi connectivity index (χ4n) is 5.71. The van der Waals surface area contributed by atoms with E-state index in [4.69, 9.17) is 4.74 Å². The Morgan fingerprint density at radius 3 is 2.52 bits per heavy atom. The number of epoxide rings is 1. The first-order valence-corrected chi connectivity index (χ1v) is 9.50. The molecule has 4 rings (SSSR count). The number of aliphatic hydroxyl groups is 3. The van der Waals surface area contributed by atoms with E-state index in [9.17, 15) is 20.1 Å². The summed E-state index contributed by atoms with van der Waals surface area (Å²) in [5.74, 6) is -0.721. The quantitative estimate of drug-likeness (QED) is 0.575. The molecule has 3 fully saturated rings. The molecule has 1 saturated heterocycles. The zero-order valence-corrected chi connectivity index (χ0v) is 15.5. The molecular weight excluding hydrogens is 320 g/mol. The maximum Gasteiger partial charge on any atom is 0.190 e. The minimum Gasteiger partial charge on any atom is -0.392 e. The van der Waals surface area contributed by atoms with Gasteiger partial charge in [-0.1, -0.05) is 26.8 Å². The number of carbonyl (C=O) groups excluding carboxylic acids is 1. The van der Waals surface area contributed by atoms with Gasteiger partial charge in [0.15, 0.2) is 5.78 Å². The Labute approximate surface area is 149 Å². The summed E-state index contributed by atoms with van der Waals surface area (Å²) in [4.78, 5) is 13.1. The molecule has 0 aromatic rings. The monoisotopic (exact) mass is 350 g/mol. The van der Waals surface area contributed by atoms with Crippen molar-refractivity contribution in [3.8, 4) is 0 Å². The Bertz CT molecular complexity index is 634. The molecular formula is C20H30O5. The Kier molecular flexibility index (Phi) is 3.64. The SMILES string of the molecule is C/C1=C\C2C(CCC3(CO3)[C@H](O)C3C(O)[C@@H](C)C[C@]3(O)C1=O)C2(C)C. The molecule has 0 radical (unpaired) electrons. The van der Waals surface area contributed by atoms with Crippen LogP contribution < -0.4 is 0 Å². The molecule has 5 heteroatoms. The van der Waals surface area contributed by atoms with Crippen molar-refractivity contribution in [2.24, 2.45) is 29.1 Å². The summed E-state index contributed by atoms with van der Waals surface area (Å²) in [5.41, 5.74) is -1.76. The number of hydrogen-bond donors (Lipinski definition) is 3. The highest BCUT2D eigenvalue weighted by Gasteiger charge is 2.66. The molecule has 0 aromatic carbocycles. The molecule has 8 atom stereocenters. The summed E-state index contributed by atoms with van der Waals surface area (Å²) < 4.78 is 5.66. The summed E-state index contributed by atoms with van der Waals surface area (Å²) in [6.45, 7) is 8.42. The van der Waals surface area contributed by atoms with E-state index in [0.717, 1.165) is 6.42 Å². The van der Waals surface area contributed by atoms with E-state index in [2.05, 4.69) is 13.8 Å². The van der Waals surface area contributed by atoms with Gasteiger partial charge in [0.2, 0.25) is 0 Å². The number of Topliss-reactive ketones (excluding diaryl/α,β-unsaturated/α-hetero) is 1. The molecule has 5 unspecified atom stereocenters. The number of fused-ring (bicyclic) bond motifs is 2. The van der Waals surface area contributed by atoms with Crippen LogP contribution in [0.5, 0.6) is 0 Å². The molecule has 3 aliphatic carbocycles. The van der Waals surface area contributed by atoms with Gasteiger partial charge in [-0.05, 0) is 54.9 Å². The van der Waals surface area contributed by atoms with Crippen molar-refractivity contribution in [1.29, 1.82) is 0 Å². The summed E-state index contributed by atoms with van der Waals surface area (Å²) in [6, 6.07) is 0. The number of carbonyl (C=O) groups is 1. The van der Waals surface area contributed by atoms with Gasteiger partial charge >= 0.3 is 0 Å². The molecule has 25 heavy (non-hydrogen) atoms. The molecule has 4 aliphatic rings. The van der Waals surface area contributed by atoms with Crippen LogP contribution in [0.3, 0.4) is 0 Å². The van der Waals surface area contributed by atoms with Crippen LogP contribution in [0.25, 0.3) is 0 Å². The molecule has 0 amide bonds. The third-order valence-corrected chi connectivity index (χ3v) is 7.73. The van der Waals surface area contributed by atoms with E-state index in [0.29, 0.717) is 30.4 Å². The van der Waals surface area contributed by atoms with Crippen LogP contribution in [0, 0.1) is 29.1 Å². The van der Waals surface area contributed by atoms with E-state index >= 15 is 0 Å². The summed E-state index contributed by atoms with van der Waals surface area (Å²) in [5, 5.41) is 33.0. The van der Waals surface area contributed by atoms with Crippen molar-refractivity contribution >= 4 is 5.78 Å². The average molecular weight is 350 g/mol. The van der Waals surface area contributed by atoms with E-state index < -0.39 is 29.3 Å². The number of ketones is 1. The van der Waals surface area contributed by atoms with Crippen molar-refractivity contribution < 1.29 is 24.9 Å². The van der Waals surface area contributed by atoms with Crippen molar-refractivity contribution in [3.63, 3.8) is 0 Å². The molecule has 1 heterocycles. The number of ether oxygens (including phenoxy) is 1. The van der Waals surface area contributed by atoms with Crippen LogP contribution in [0.2, 0.25) is 0 Å². The highest BCUT2D eigenvalue weighted by Crippen LogP contribution is 2.63. The lowest BCUT2D eigenvalue weighted by molar-refractivity contribution is -0.150. The maximum atomic E-state index is 13.1. The zero-order valence-electron chi connectivity index (χ0n) is 15.5. The van der Waals surface area contributed by atoms with Gasteiger partial charge in [-0.2, -0.15) is 0 Å². The smallest absolute Gasteiger partial charge is 0.190 e. The fraction of sp³-hybridized carbons (Fsp3) is 0.850. The van der Waals surface area contributed by atoms with Crippen LogP contribution in [0.15, 0.2) is 11.6 Å². The Morgan fingerprint density at radius 1 is 1.28 bits per heavy atom. The van der Waals surface area contributed by atoms with Crippen LogP contribution in [-0.2, 0) is 9.53 Å². The van der Waals surface area contributed by atoms with Crippen molar-refractivity contribution in [2.75, 3.05) is 6.61 Å². The van der Waals surface area contributed by atoms with Crippen LogP contribution in [0.4, 0.5) is 0 Å². The average Bonchev–Trinajstić information content (AvgIpc) is 3.39. The number of rotatable bonds is 0. The Morgan fingerprint density at radius 2 is 1.92 bits per heavy atom. The van der Waals surface area contributed by atoms with Crippen molar-refractivity contribution in [3.05, 3.63) is 11.6 Å². The van der Waals surface area contributed by atoms with Gasteiger partial charge in [0.25, 0.3) is 0 Å². The van der Waals surface area contributed by atoms with Crippen molar-refractivity contribution in [2.45, 2.75) is 70.4 Å². The highest BCUT2D eigenvalue weighted by atomic mass is 16.6. The molecule has 0 aromatic heterocycles. The molecule has 140 valence electrons. The van der Waals surface area contributed by atoms with E-state index in [-0.39, 0.29) is 23.5 Å². The first-order valence-electron chi connectivity index (χ1n) is 9.50. The lowest BCUT2D eigenvalue weighted by Crippen LogP contribution is -2.54. The second-order valence-electron chi connectivity index (χ2n) is 9.59. The number of hydrogen-bond acceptors (Lipinski definition) is 5. The van der Waals surface area contributed by atoms with Crippen LogP contribution in [0.1, 0.15) is 47.0 Å². The van der Waals surface area contributed by atoms with Gasteiger partial charge in [0.1, 0.15) is 11.2 Å². The molecule has 2 saturated carbocycles. The zero-order chi connectivity index (χ0) is 18.4. The first-order chi connectivity index (χ1) is 11.5. The normalized spacial score (nSPS) is 56.4. The molecule has 0 bridgehead atoms. The first kappa shape index (κ1) is 17.7. The van der Waals surface area contributed by atoms with Gasteiger partial charge < -0.3 is 20.1 Å². The van der Waals surface area contributed by atoms with Gasteiger partial charge in [0, 0.05) is 0 Å². The Balaban J connectivity index is 1.78. The fourth-order valence-corrected chi connectivity index (χ4v) is 5.71. The lowest BCUT2D eigenvalue weighted by atomic mass is 9.75. The second kappa shape index (κ2) is 5.16. The Hall–Kier alpha value is -0.750. The van der Waals surface area contributed by atoms with Crippen LogP contribution in [-0.4, -0.2) is 51.1 Å². The number of allylic oxidation sites excluding steroid dienone is 1. The lowest BCUT2D eigenvalue weighted by Gasteiger charge is -2.36. The standard InChI is InChI=1S/C20H30O5/c1-10-7-13-12(18(13,3)4)5-6-19(9-25-19)17(23)14-15(21)11(2)8-20(14,24)16(10)22/h7,11-15,17,21,23-24H,5-6,8-9H2,1-4H3/b10-7+/t11-,12?,13?,14?,15?,17+,19?,20+/m0/s1. The third kappa shape index (κ3) is 2.32. The second-order valence-corrected chi connectivity index (χ2v) is 9.59. The number of aliphatic hydroxyl groups excluding tert-OH is 2. The minimum atomic E-state index is -1.73. The maximum absolute atomic E-state index is 13.1. The third-order valence-electron chi connectivity index (χ3n) is 7.73.